The van der Waals surface area contributed by atoms with Crippen LogP contribution in [-0.4, -0.2) is 14.8 Å². The molecule has 0 spiro atoms. The maximum atomic E-state index is 13.7. The van der Waals surface area contributed by atoms with Crippen LogP contribution in [-0.2, 0) is 0 Å². The summed E-state index contributed by atoms with van der Waals surface area (Å²) in [6, 6.07) is 2.19. The lowest BCUT2D eigenvalue weighted by molar-refractivity contribution is 0.559. The van der Waals surface area contributed by atoms with Gasteiger partial charge in [-0.1, -0.05) is 12.2 Å². The third kappa shape index (κ3) is 2.44. The van der Waals surface area contributed by atoms with E-state index in [2.05, 4.69) is 17.3 Å². The smallest absolute Gasteiger partial charge is 0.152 e. The first-order valence-electron chi connectivity index (χ1n) is 4.48. The zero-order chi connectivity index (χ0) is 12.6. The molecule has 0 aliphatic heterocycles. The highest BCUT2D eigenvalue weighted by Gasteiger charge is 2.15. The Labute approximate surface area is 115 Å². The second kappa shape index (κ2) is 4.65. The molecule has 2 aromatic rings. The molecular weight excluding hydrogens is 359 g/mol. The number of hydrogen-bond donors (Lipinski definition) is 1. The van der Waals surface area contributed by atoms with Crippen molar-refractivity contribution >= 4 is 39.8 Å². The van der Waals surface area contributed by atoms with Crippen LogP contribution in [0.15, 0.2) is 24.5 Å². The van der Waals surface area contributed by atoms with Crippen molar-refractivity contribution in [2.75, 3.05) is 0 Å². The van der Waals surface area contributed by atoms with Crippen LogP contribution in [0.3, 0.4) is 0 Å². The molecule has 3 nitrogen and oxygen atoms in total. The van der Waals surface area contributed by atoms with Crippen molar-refractivity contribution in [1.82, 2.24) is 9.78 Å². The summed E-state index contributed by atoms with van der Waals surface area (Å²) < 4.78 is 29.4. The van der Waals surface area contributed by atoms with Crippen molar-refractivity contribution in [3.63, 3.8) is 0 Å². The van der Waals surface area contributed by atoms with Gasteiger partial charge in [0.15, 0.2) is 11.6 Å². The molecule has 0 radical (unpaired) electrons. The van der Waals surface area contributed by atoms with E-state index in [9.17, 15) is 8.78 Å². The van der Waals surface area contributed by atoms with E-state index >= 15 is 0 Å². The second-order valence-electron chi connectivity index (χ2n) is 3.26. The summed E-state index contributed by atoms with van der Waals surface area (Å²) in [7, 11) is 0. The Morgan fingerprint density at radius 1 is 1.35 bits per heavy atom. The topological polar surface area (TPSA) is 43.8 Å². The fraction of sp³-hybridized carbons (Fsp3) is 0. The van der Waals surface area contributed by atoms with Crippen LogP contribution in [0.25, 0.3) is 5.69 Å². The standard InChI is InChI=1S/C10H6F2IN3S/c11-7-1-5(10(14)17)2-8(12)9(7)16-4-6(13)3-15-16/h1-4H,(H2,14,17). The van der Waals surface area contributed by atoms with Crippen molar-refractivity contribution in [3.05, 3.63) is 45.3 Å². The Kier molecular flexibility index (Phi) is 3.38. The summed E-state index contributed by atoms with van der Waals surface area (Å²) in [5.74, 6) is -1.51. The van der Waals surface area contributed by atoms with Gasteiger partial charge in [-0.05, 0) is 34.7 Å². The molecule has 0 amide bonds. The first-order valence-corrected chi connectivity index (χ1v) is 5.97. The summed E-state index contributed by atoms with van der Waals surface area (Å²) in [4.78, 5) is -0.0515. The maximum absolute atomic E-state index is 13.7. The Bertz CT molecular complexity index is 574. The van der Waals surface area contributed by atoms with E-state index in [1.165, 1.54) is 12.4 Å². The average Bonchev–Trinajstić information content (AvgIpc) is 2.63. The van der Waals surface area contributed by atoms with Gasteiger partial charge in [0.05, 0.1) is 9.77 Å². The highest BCUT2D eigenvalue weighted by molar-refractivity contribution is 14.1. The summed E-state index contributed by atoms with van der Waals surface area (Å²) >= 11 is 6.67. The van der Waals surface area contributed by atoms with Crippen LogP contribution in [0.1, 0.15) is 5.56 Å². The molecule has 7 heteroatoms. The van der Waals surface area contributed by atoms with Crippen LogP contribution in [0.2, 0.25) is 0 Å². The van der Waals surface area contributed by atoms with Gasteiger partial charge in [0.2, 0.25) is 0 Å². The molecule has 0 bridgehead atoms. The molecule has 1 heterocycles. The van der Waals surface area contributed by atoms with E-state index in [0.717, 1.165) is 20.4 Å². The minimum absolute atomic E-state index is 0.0515. The lowest BCUT2D eigenvalue weighted by Gasteiger charge is -2.07. The van der Waals surface area contributed by atoms with Crippen molar-refractivity contribution in [1.29, 1.82) is 0 Å². The van der Waals surface area contributed by atoms with Gasteiger partial charge in [-0.15, -0.1) is 0 Å². The number of nitrogens with zero attached hydrogens (tertiary/aromatic N) is 2. The normalized spacial score (nSPS) is 10.5. The van der Waals surface area contributed by atoms with E-state index in [4.69, 9.17) is 5.73 Å². The molecule has 88 valence electrons. The molecule has 0 aliphatic carbocycles. The summed E-state index contributed by atoms with van der Waals surface area (Å²) in [5, 5.41) is 3.85. The Hall–Kier alpha value is -1.09. The first kappa shape index (κ1) is 12.4. The number of nitrogens with two attached hydrogens (primary N) is 1. The van der Waals surface area contributed by atoms with Crippen LogP contribution < -0.4 is 5.73 Å². The third-order valence-corrected chi connectivity index (χ3v) is 2.87. The van der Waals surface area contributed by atoms with Gasteiger partial charge in [0, 0.05) is 11.8 Å². The maximum Gasteiger partial charge on any atom is 0.152 e. The third-order valence-electron chi connectivity index (χ3n) is 2.08. The second-order valence-corrected chi connectivity index (χ2v) is 4.94. The molecule has 17 heavy (non-hydrogen) atoms. The highest BCUT2D eigenvalue weighted by atomic mass is 127. The predicted octanol–water partition coefficient (Wildman–Crippen LogP) is 2.39. The van der Waals surface area contributed by atoms with Gasteiger partial charge in [-0.3, -0.25) is 0 Å². The fourth-order valence-electron chi connectivity index (χ4n) is 1.35. The molecule has 1 aromatic heterocycles. The van der Waals surface area contributed by atoms with Gasteiger partial charge in [-0.25, -0.2) is 13.5 Å². The summed E-state index contributed by atoms with van der Waals surface area (Å²) in [6.07, 6.45) is 3.02. The first-order chi connectivity index (χ1) is 7.99. The van der Waals surface area contributed by atoms with Gasteiger partial charge < -0.3 is 5.73 Å². The number of aromatic nitrogens is 2. The highest BCUT2D eigenvalue weighted by Crippen LogP contribution is 2.20. The molecular formula is C10H6F2IN3S. The monoisotopic (exact) mass is 365 g/mol. The van der Waals surface area contributed by atoms with Crippen molar-refractivity contribution in [2.45, 2.75) is 0 Å². The van der Waals surface area contributed by atoms with Crippen LogP contribution in [0, 0.1) is 15.2 Å². The van der Waals surface area contributed by atoms with E-state index in [-0.39, 0.29) is 16.2 Å². The van der Waals surface area contributed by atoms with E-state index < -0.39 is 11.6 Å². The number of rotatable bonds is 2. The minimum Gasteiger partial charge on any atom is -0.389 e. The van der Waals surface area contributed by atoms with Crippen LogP contribution in [0.4, 0.5) is 8.78 Å². The van der Waals surface area contributed by atoms with Gasteiger partial charge in [-0.2, -0.15) is 5.10 Å². The number of halogens is 3. The molecule has 0 saturated carbocycles. The van der Waals surface area contributed by atoms with Gasteiger partial charge >= 0.3 is 0 Å². The zero-order valence-corrected chi connectivity index (χ0v) is 11.3. The quantitative estimate of drug-likeness (QED) is 0.657. The minimum atomic E-state index is -0.757. The Morgan fingerprint density at radius 2 is 1.94 bits per heavy atom. The van der Waals surface area contributed by atoms with Gasteiger partial charge in [0.25, 0.3) is 0 Å². The lowest BCUT2D eigenvalue weighted by Crippen LogP contribution is -2.12. The van der Waals surface area contributed by atoms with E-state index in [0.29, 0.717) is 0 Å². The summed E-state index contributed by atoms with van der Waals surface area (Å²) in [6.45, 7) is 0. The molecule has 0 fully saturated rings. The lowest BCUT2D eigenvalue weighted by atomic mass is 10.2. The van der Waals surface area contributed by atoms with Gasteiger partial charge in [0.1, 0.15) is 10.7 Å². The molecule has 0 aliphatic rings. The SMILES string of the molecule is NC(=S)c1cc(F)c(-n2cc(I)cn2)c(F)c1. The van der Waals surface area contributed by atoms with Crippen LogP contribution >= 0.6 is 34.8 Å². The van der Waals surface area contributed by atoms with Crippen LogP contribution in [0.5, 0.6) is 0 Å². The molecule has 2 rings (SSSR count). The molecule has 2 N–H and O–H groups in total. The van der Waals surface area contributed by atoms with Crippen molar-refractivity contribution in [3.8, 4) is 5.69 Å². The summed E-state index contributed by atoms with van der Waals surface area (Å²) in [5.41, 5.74) is 5.23. The van der Waals surface area contributed by atoms with E-state index in [1.807, 2.05) is 22.6 Å². The number of thiocarbonyl (C=S) groups is 1. The molecule has 0 saturated heterocycles. The molecule has 0 atom stereocenters. The Balaban J connectivity index is 2.60. The number of hydrogen-bond acceptors (Lipinski definition) is 2. The largest absolute Gasteiger partial charge is 0.389 e. The average molecular weight is 365 g/mol. The fourth-order valence-corrected chi connectivity index (χ4v) is 1.86. The van der Waals surface area contributed by atoms with Crippen molar-refractivity contribution in [2.24, 2.45) is 5.73 Å². The predicted molar refractivity (Wildman–Crippen MR) is 72.1 cm³/mol. The van der Waals surface area contributed by atoms with Crippen molar-refractivity contribution < 1.29 is 8.78 Å². The number of benzene rings is 1. The molecule has 1 aromatic carbocycles. The van der Waals surface area contributed by atoms with E-state index in [1.54, 1.807) is 0 Å². The molecule has 0 unspecified atom stereocenters. The Morgan fingerprint density at radius 3 is 2.35 bits per heavy atom. The zero-order valence-electron chi connectivity index (χ0n) is 8.32.